The SMILES string of the molecule is CC(=O)C1(C)CC(NC(=O)O)c2c(ccc3c2ccn3S(=O)(=O)c2ccc(C)cc2)N1. The molecule has 0 saturated heterocycles. The Morgan fingerprint density at radius 2 is 1.84 bits per heavy atom. The van der Waals surface area contributed by atoms with E-state index in [0.29, 0.717) is 22.2 Å². The van der Waals surface area contributed by atoms with Crippen LogP contribution in [-0.4, -0.2) is 34.9 Å². The fraction of sp³-hybridized carbons (Fsp3) is 0.273. The molecule has 0 aliphatic carbocycles. The van der Waals surface area contributed by atoms with E-state index in [0.717, 1.165) is 5.56 Å². The van der Waals surface area contributed by atoms with Gasteiger partial charge in [-0.25, -0.2) is 17.2 Å². The first-order valence-electron chi connectivity index (χ1n) is 9.78. The average molecular weight is 442 g/mol. The minimum Gasteiger partial charge on any atom is -0.465 e. The Morgan fingerprint density at radius 1 is 1.16 bits per heavy atom. The minimum absolute atomic E-state index is 0.116. The highest BCUT2D eigenvalue weighted by Crippen LogP contribution is 2.42. The molecule has 0 bridgehead atoms. The molecule has 1 amide bonds. The Morgan fingerprint density at radius 3 is 2.45 bits per heavy atom. The van der Waals surface area contributed by atoms with Crippen LogP contribution < -0.4 is 10.6 Å². The van der Waals surface area contributed by atoms with Crippen LogP contribution in [0.2, 0.25) is 0 Å². The molecule has 2 heterocycles. The van der Waals surface area contributed by atoms with E-state index in [2.05, 4.69) is 10.6 Å². The van der Waals surface area contributed by atoms with Crippen molar-refractivity contribution in [3.05, 3.63) is 59.8 Å². The second kappa shape index (κ2) is 7.12. The summed E-state index contributed by atoms with van der Waals surface area (Å²) in [6.45, 7) is 5.07. The lowest BCUT2D eigenvalue weighted by molar-refractivity contribution is -0.121. The zero-order chi connectivity index (χ0) is 22.6. The van der Waals surface area contributed by atoms with E-state index in [1.54, 1.807) is 49.4 Å². The number of hydrogen-bond donors (Lipinski definition) is 3. The number of ketones is 1. The fourth-order valence-corrected chi connectivity index (χ4v) is 5.44. The predicted molar refractivity (Wildman–Crippen MR) is 117 cm³/mol. The number of carbonyl (C=O) groups excluding carboxylic acids is 1. The van der Waals surface area contributed by atoms with Gasteiger partial charge in [-0.1, -0.05) is 17.7 Å². The summed E-state index contributed by atoms with van der Waals surface area (Å²) in [6, 6.07) is 10.9. The van der Waals surface area contributed by atoms with Gasteiger partial charge in [-0.3, -0.25) is 4.79 Å². The highest BCUT2D eigenvalue weighted by molar-refractivity contribution is 7.90. The van der Waals surface area contributed by atoms with Gasteiger partial charge in [0.05, 0.1) is 22.0 Å². The Hall–Kier alpha value is -3.33. The van der Waals surface area contributed by atoms with Crippen molar-refractivity contribution in [2.75, 3.05) is 5.32 Å². The summed E-state index contributed by atoms with van der Waals surface area (Å²) in [5.41, 5.74) is 1.67. The maximum atomic E-state index is 13.2. The van der Waals surface area contributed by atoms with Gasteiger partial charge in [-0.15, -0.1) is 0 Å². The molecule has 3 aromatic rings. The molecule has 3 N–H and O–H groups in total. The average Bonchev–Trinajstić information content (AvgIpc) is 3.12. The number of Topliss-reactive ketones (excluding diaryl/α,β-unsaturated/α-hetero) is 1. The van der Waals surface area contributed by atoms with Crippen LogP contribution >= 0.6 is 0 Å². The van der Waals surface area contributed by atoms with Gasteiger partial charge >= 0.3 is 6.09 Å². The van der Waals surface area contributed by atoms with Crippen molar-refractivity contribution in [2.24, 2.45) is 0 Å². The van der Waals surface area contributed by atoms with Gasteiger partial charge in [-0.05, 0) is 51.1 Å². The summed E-state index contributed by atoms with van der Waals surface area (Å²) in [4.78, 5) is 23.8. The standard InChI is InChI=1S/C22H23N3O5S/c1-13-4-6-15(7-5-13)31(29,30)25-11-10-16-19(25)9-8-17-20(16)18(23-21(27)28)12-22(3,24-17)14(2)26/h4-11,18,23-24H,12H2,1-3H3,(H,27,28). The van der Waals surface area contributed by atoms with Gasteiger partial charge in [-0.2, -0.15) is 0 Å². The van der Waals surface area contributed by atoms with E-state index < -0.39 is 27.7 Å². The zero-order valence-corrected chi connectivity index (χ0v) is 18.2. The highest BCUT2D eigenvalue weighted by Gasteiger charge is 2.40. The molecule has 1 aromatic heterocycles. The number of benzene rings is 2. The summed E-state index contributed by atoms with van der Waals surface area (Å²) in [7, 11) is -3.84. The van der Waals surface area contributed by atoms with E-state index in [4.69, 9.17) is 0 Å². The van der Waals surface area contributed by atoms with Crippen LogP contribution in [0.15, 0.2) is 53.6 Å². The number of fused-ring (bicyclic) bond motifs is 3. The molecule has 8 nitrogen and oxygen atoms in total. The molecule has 0 spiro atoms. The quantitative estimate of drug-likeness (QED) is 0.569. The van der Waals surface area contributed by atoms with Crippen molar-refractivity contribution in [1.82, 2.24) is 9.29 Å². The molecule has 2 atom stereocenters. The summed E-state index contributed by atoms with van der Waals surface area (Å²) < 4.78 is 27.7. The van der Waals surface area contributed by atoms with Crippen LogP contribution in [0.1, 0.15) is 37.4 Å². The molecule has 162 valence electrons. The van der Waals surface area contributed by atoms with Crippen LogP contribution in [0.4, 0.5) is 10.5 Å². The highest BCUT2D eigenvalue weighted by atomic mass is 32.2. The summed E-state index contributed by atoms with van der Waals surface area (Å²) in [5.74, 6) is -0.116. The van der Waals surface area contributed by atoms with E-state index in [1.165, 1.54) is 17.1 Å². The lowest BCUT2D eigenvalue weighted by Crippen LogP contribution is -2.49. The number of hydrogen-bond acceptors (Lipinski definition) is 5. The van der Waals surface area contributed by atoms with Gasteiger partial charge in [0.15, 0.2) is 5.78 Å². The number of nitrogens with one attached hydrogen (secondary N) is 2. The van der Waals surface area contributed by atoms with Crippen molar-refractivity contribution >= 4 is 38.5 Å². The first kappa shape index (κ1) is 20.9. The summed E-state index contributed by atoms with van der Waals surface area (Å²) in [5, 5.41) is 15.7. The molecule has 0 radical (unpaired) electrons. The molecule has 31 heavy (non-hydrogen) atoms. The largest absolute Gasteiger partial charge is 0.465 e. The number of amides is 1. The normalized spacial score (nSPS) is 20.7. The topological polar surface area (TPSA) is 118 Å². The van der Waals surface area contributed by atoms with Crippen molar-refractivity contribution in [3.8, 4) is 0 Å². The van der Waals surface area contributed by atoms with E-state index in [1.807, 2.05) is 6.92 Å². The molecular weight excluding hydrogens is 418 g/mol. The Labute approximate surface area is 179 Å². The number of anilines is 1. The monoisotopic (exact) mass is 441 g/mol. The lowest BCUT2D eigenvalue weighted by Gasteiger charge is -2.39. The van der Waals surface area contributed by atoms with E-state index in [-0.39, 0.29) is 17.1 Å². The van der Waals surface area contributed by atoms with Crippen molar-refractivity contribution in [2.45, 2.75) is 43.7 Å². The van der Waals surface area contributed by atoms with Gasteiger partial charge < -0.3 is 15.7 Å². The lowest BCUT2D eigenvalue weighted by atomic mass is 9.80. The number of carboxylic acid groups (broad SMARTS) is 1. The molecule has 9 heteroatoms. The van der Waals surface area contributed by atoms with Crippen LogP contribution in [-0.2, 0) is 14.8 Å². The van der Waals surface area contributed by atoms with Gasteiger partial charge in [0.25, 0.3) is 10.0 Å². The van der Waals surface area contributed by atoms with Gasteiger partial charge in [0.1, 0.15) is 0 Å². The third-order valence-corrected chi connectivity index (χ3v) is 7.61. The molecule has 4 rings (SSSR count). The fourth-order valence-electron chi connectivity index (χ4n) is 4.10. The third kappa shape index (κ3) is 3.44. The van der Waals surface area contributed by atoms with Crippen LogP contribution in [0.25, 0.3) is 10.9 Å². The van der Waals surface area contributed by atoms with E-state index >= 15 is 0 Å². The molecule has 0 fully saturated rings. The number of rotatable bonds is 4. The van der Waals surface area contributed by atoms with E-state index in [9.17, 15) is 23.1 Å². The smallest absolute Gasteiger partial charge is 0.405 e. The van der Waals surface area contributed by atoms with Crippen molar-refractivity contribution < 1.29 is 23.1 Å². The molecule has 2 aromatic carbocycles. The molecule has 2 unspecified atom stereocenters. The van der Waals surface area contributed by atoms with Crippen molar-refractivity contribution in [1.29, 1.82) is 0 Å². The van der Waals surface area contributed by atoms with Crippen LogP contribution in [0.3, 0.4) is 0 Å². The molecule has 1 aliphatic rings. The summed E-state index contributed by atoms with van der Waals surface area (Å²) in [6.07, 6.45) is 0.459. The number of aryl methyl sites for hydroxylation is 1. The molecular formula is C22H23N3O5S. The predicted octanol–water partition coefficient (Wildman–Crippen LogP) is 3.66. The second-order valence-corrected chi connectivity index (χ2v) is 9.92. The van der Waals surface area contributed by atoms with Crippen LogP contribution in [0.5, 0.6) is 0 Å². The van der Waals surface area contributed by atoms with Crippen LogP contribution in [0, 0.1) is 6.92 Å². The molecule has 0 saturated carbocycles. The molecule has 1 aliphatic heterocycles. The number of nitrogens with zero attached hydrogens (tertiary/aromatic N) is 1. The second-order valence-electron chi connectivity index (χ2n) is 8.11. The number of aromatic nitrogens is 1. The van der Waals surface area contributed by atoms with Gasteiger partial charge in [0, 0.05) is 29.3 Å². The summed E-state index contributed by atoms with van der Waals surface area (Å²) >= 11 is 0. The third-order valence-electron chi connectivity index (χ3n) is 5.90. The Kier molecular flexibility index (Phi) is 4.81. The Balaban J connectivity index is 1.90. The first-order chi connectivity index (χ1) is 14.5. The maximum Gasteiger partial charge on any atom is 0.405 e. The maximum absolute atomic E-state index is 13.2. The zero-order valence-electron chi connectivity index (χ0n) is 17.3. The van der Waals surface area contributed by atoms with Crippen molar-refractivity contribution in [3.63, 3.8) is 0 Å². The minimum atomic E-state index is -3.84. The van der Waals surface area contributed by atoms with Gasteiger partial charge in [0.2, 0.25) is 0 Å². The Bertz CT molecular complexity index is 1310. The first-order valence-corrected chi connectivity index (χ1v) is 11.2. The number of carbonyl (C=O) groups is 2.